The molecule has 1 aliphatic rings. The van der Waals surface area contributed by atoms with Gasteiger partial charge in [-0.05, 0) is 37.5 Å². The molecule has 0 aliphatic heterocycles. The first kappa shape index (κ1) is 18.2. The van der Waals surface area contributed by atoms with Gasteiger partial charge in [-0.15, -0.1) is 11.3 Å². The fraction of sp³-hybridized carbons (Fsp3) is 0.286. The van der Waals surface area contributed by atoms with E-state index in [0.717, 1.165) is 27.3 Å². The molecule has 2 aromatic heterocycles. The minimum Gasteiger partial charge on any atom is -0.485 e. The summed E-state index contributed by atoms with van der Waals surface area (Å²) < 4.78 is 26.1. The number of aryl methyl sites for hydroxylation is 1. The molecule has 5 rings (SSSR count). The van der Waals surface area contributed by atoms with Gasteiger partial charge in [0.15, 0.2) is 11.6 Å². The number of rotatable bonds is 4. The average Bonchev–Trinajstić information content (AvgIpc) is 3.12. The molecule has 0 bridgehead atoms. The van der Waals surface area contributed by atoms with E-state index in [1.54, 1.807) is 19.4 Å². The number of hydrogen-bond acceptors (Lipinski definition) is 7. The summed E-state index contributed by atoms with van der Waals surface area (Å²) in [6.07, 6.45) is 2.11. The Balaban J connectivity index is 1.60. The monoisotopic (exact) mass is 411 g/mol. The second-order valence-corrected chi connectivity index (χ2v) is 8.19. The van der Waals surface area contributed by atoms with Crippen LogP contribution in [0, 0.1) is 12.7 Å². The molecule has 0 spiro atoms. The highest BCUT2D eigenvalue weighted by Crippen LogP contribution is 2.38. The number of fused-ring (bicyclic) bond motifs is 2. The van der Waals surface area contributed by atoms with Crippen molar-refractivity contribution in [2.24, 2.45) is 0 Å². The highest BCUT2D eigenvalue weighted by molar-refractivity contribution is 7.21. The summed E-state index contributed by atoms with van der Waals surface area (Å²) in [6.45, 7) is 1.98. The van der Waals surface area contributed by atoms with Crippen LogP contribution in [0.15, 0.2) is 30.5 Å². The molecule has 29 heavy (non-hydrogen) atoms. The second-order valence-electron chi connectivity index (χ2n) is 7.16. The topological polar surface area (TPSA) is 77.4 Å². The van der Waals surface area contributed by atoms with E-state index in [4.69, 9.17) is 9.47 Å². The van der Waals surface area contributed by atoms with Crippen LogP contribution in [0.25, 0.3) is 31.8 Å². The van der Waals surface area contributed by atoms with Gasteiger partial charge in [-0.25, -0.2) is 19.3 Å². The van der Waals surface area contributed by atoms with Gasteiger partial charge < -0.3 is 14.6 Å². The lowest BCUT2D eigenvalue weighted by atomic mass is 9.92. The zero-order valence-electron chi connectivity index (χ0n) is 15.8. The van der Waals surface area contributed by atoms with Crippen molar-refractivity contribution in [3.8, 4) is 22.2 Å². The molecular weight excluding hydrogens is 393 g/mol. The first-order valence-corrected chi connectivity index (χ1v) is 10.1. The van der Waals surface area contributed by atoms with Crippen molar-refractivity contribution in [2.45, 2.75) is 32.0 Å². The van der Waals surface area contributed by atoms with Crippen molar-refractivity contribution in [1.29, 1.82) is 0 Å². The Bertz CT molecular complexity index is 1240. The Morgan fingerprint density at radius 3 is 2.72 bits per heavy atom. The summed E-state index contributed by atoms with van der Waals surface area (Å²) in [7, 11) is 1.55. The fourth-order valence-electron chi connectivity index (χ4n) is 3.40. The molecule has 2 atom stereocenters. The normalized spacial score (nSPS) is 18.8. The van der Waals surface area contributed by atoms with Gasteiger partial charge in [0.05, 0.1) is 40.7 Å². The third-order valence-electron chi connectivity index (χ3n) is 5.10. The summed E-state index contributed by atoms with van der Waals surface area (Å²) >= 11 is 1.44. The van der Waals surface area contributed by atoms with Gasteiger partial charge in [0.25, 0.3) is 0 Å². The minimum absolute atomic E-state index is 0.148. The van der Waals surface area contributed by atoms with Crippen LogP contribution in [-0.4, -0.2) is 39.4 Å². The predicted octanol–water partition coefficient (Wildman–Crippen LogP) is 4.26. The fourth-order valence-corrected chi connectivity index (χ4v) is 4.39. The Morgan fingerprint density at radius 1 is 1.14 bits per heavy atom. The molecule has 0 radical (unpaired) electrons. The number of aromatic nitrogens is 3. The maximum atomic E-state index is 14.5. The van der Waals surface area contributed by atoms with E-state index in [2.05, 4.69) is 15.0 Å². The van der Waals surface area contributed by atoms with Crippen LogP contribution in [0.1, 0.15) is 18.4 Å². The average molecular weight is 411 g/mol. The van der Waals surface area contributed by atoms with Crippen LogP contribution in [0.5, 0.6) is 11.6 Å². The van der Waals surface area contributed by atoms with Crippen molar-refractivity contribution < 1.29 is 19.0 Å². The number of aliphatic hydroxyl groups is 1. The number of ether oxygens (including phenoxy) is 2. The molecule has 2 heterocycles. The number of benzene rings is 2. The van der Waals surface area contributed by atoms with Gasteiger partial charge in [0.2, 0.25) is 5.88 Å². The number of nitrogens with zero attached hydrogens (tertiary/aromatic N) is 3. The third kappa shape index (κ3) is 3.18. The van der Waals surface area contributed by atoms with E-state index in [-0.39, 0.29) is 11.9 Å². The van der Waals surface area contributed by atoms with Crippen LogP contribution in [0.2, 0.25) is 0 Å². The van der Waals surface area contributed by atoms with Crippen LogP contribution in [0.3, 0.4) is 0 Å². The molecule has 8 heteroatoms. The first-order valence-electron chi connectivity index (χ1n) is 9.28. The van der Waals surface area contributed by atoms with E-state index in [9.17, 15) is 9.50 Å². The summed E-state index contributed by atoms with van der Waals surface area (Å²) in [5.41, 5.74) is 3.84. The molecule has 1 saturated carbocycles. The van der Waals surface area contributed by atoms with Crippen molar-refractivity contribution in [2.75, 3.05) is 7.11 Å². The molecule has 2 aromatic carbocycles. The molecule has 0 unspecified atom stereocenters. The summed E-state index contributed by atoms with van der Waals surface area (Å²) in [6, 6.07) is 6.98. The van der Waals surface area contributed by atoms with Crippen LogP contribution in [-0.2, 0) is 0 Å². The molecule has 148 valence electrons. The molecule has 6 nitrogen and oxygen atoms in total. The molecular formula is C21H18FN3O3S. The quantitative estimate of drug-likeness (QED) is 0.541. The zero-order valence-corrected chi connectivity index (χ0v) is 16.7. The van der Waals surface area contributed by atoms with Gasteiger partial charge in [0.1, 0.15) is 11.1 Å². The van der Waals surface area contributed by atoms with Gasteiger partial charge >= 0.3 is 0 Å². The van der Waals surface area contributed by atoms with E-state index < -0.39 is 11.9 Å². The van der Waals surface area contributed by atoms with Gasteiger partial charge in [-0.3, -0.25) is 0 Å². The van der Waals surface area contributed by atoms with Crippen molar-refractivity contribution >= 4 is 32.6 Å². The van der Waals surface area contributed by atoms with Gasteiger partial charge in [-0.2, -0.15) is 0 Å². The summed E-state index contributed by atoms with van der Waals surface area (Å²) in [5, 5.41) is 10.4. The smallest absolute Gasteiger partial charge is 0.232 e. The van der Waals surface area contributed by atoms with Crippen molar-refractivity contribution in [1.82, 2.24) is 15.0 Å². The number of thiazole rings is 1. The number of methoxy groups -OCH3 is 1. The molecule has 0 amide bonds. The van der Waals surface area contributed by atoms with E-state index in [0.29, 0.717) is 28.9 Å². The minimum atomic E-state index is -0.531. The van der Waals surface area contributed by atoms with Gasteiger partial charge in [0, 0.05) is 17.7 Å². The third-order valence-corrected chi connectivity index (χ3v) is 6.16. The van der Waals surface area contributed by atoms with Crippen molar-refractivity contribution in [3.63, 3.8) is 0 Å². The van der Waals surface area contributed by atoms with Crippen LogP contribution >= 0.6 is 11.3 Å². The number of halogens is 1. The van der Waals surface area contributed by atoms with Crippen LogP contribution < -0.4 is 9.47 Å². The lowest BCUT2D eigenvalue weighted by Crippen LogP contribution is -2.41. The molecule has 1 fully saturated rings. The summed E-state index contributed by atoms with van der Waals surface area (Å²) in [5.74, 6) is 0.113. The zero-order chi connectivity index (χ0) is 20.1. The highest BCUT2D eigenvalue weighted by Gasteiger charge is 2.31. The Morgan fingerprint density at radius 2 is 2.00 bits per heavy atom. The second kappa shape index (κ2) is 6.89. The van der Waals surface area contributed by atoms with E-state index in [1.165, 1.54) is 17.4 Å². The van der Waals surface area contributed by atoms with E-state index in [1.807, 2.05) is 19.1 Å². The Kier molecular flexibility index (Phi) is 4.33. The highest BCUT2D eigenvalue weighted by atomic mass is 32.1. The lowest BCUT2D eigenvalue weighted by Gasteiger charge is -2.32. The largest absolute Gasteiger partial charge is 0.485 e. The predicted molar refractivity (Wildman–Crippen MR) is 109 cm³/mol. The molecule has 1 N–H and O–H groups in total. The Hall–Kier alpha value is -2.84. The standard InChI is InChI=1S/C21H18FN3O3S/c1-10-5-11(20-14(6-10)24-19(27-2)9-23-20)21-25-13-7-12(22)17(8-18(13)29-21)28-16-4-3-15(16)26/h5-9,15-16,26H,3-4H2,1-2H3/t15-,16+/m1/s1. The van der Waals surface area contributed by atoms with E-state index >= 15 is 0 Å². The lowest BCUT2D eigenvalue weighted by molar-refractivity contribution is -0.0376. The first-order chi connectivity index (χ1) is 14.0. The Labute approximate surface area is 170 Å². The summed E-state index contributed by atoms with van der Waals surface area (Å²) in [4.78, 5) is 13.6. The van der Waals surface area contributed by atoms with Crippen LogP contribution in [0.4, 0.5) is 4.39 Å². The number of aliphatic hydroxyl groups excluding tert-OH is 1. The SMILES string of the molecule is COc1cnc2c(-c3nc4cc(F)c(O[C@H]5CC[C@H]5O)cc4s3)cc(C)cc2n1. The van der Waals surface area contributed by atoms with Gasteiger partial charge in [-0.1, -0.05) is 0 Å². The number of hydrogen-bond donors (Lipinski definition) is 1. The maximum absolute atomic E-state index is 14.5. The molecule has 0 saturated heterocycles. The molecule has 4 aromatic rings. The van der Waals surface area contributed by atoms with Crippen molar-refractivity contribution in [3.05, 3.63) is 41.8 Å². The molecule has 1 aliphatic carbocycles. The maximum Gasteiger partial charge on any atom is 0.232 e.